The van der Waals surface area contributed by atoms with Crippen molar-refractivity contribution in [3.63, 3.8) is 0 Å². The number of benzene rings is 1. The molecule has 1 aromatic heterocycles. The van der Waals surface area contributed by atoms with Crippen molar-refractivity contribution in [3.8, 4) is 5.75 Å². The molecule has 80 valence electrons. The highest BCUT2D eigenvalue weighted by atomic mass is 32.1. The second-order valence-electron chi connectivity index (χ2n) is 2.23. The summed E-state index contributed by atoms with van der Waals surface area (Å²) in [5, 5.41) is 19.6. The number of phenolic OH excluding ortho intramolecular Hbond substituents is 1. The van der Waals surface area contributed by atoms with Gasteiger partial charge in [-0.05, 0) is 22.9 Å². The van der Waals surface area contributed by atoms with Crippen LogP contribution in [0.25, 0.3) is 0 Å². The second kappa shape index (κ2) is 10.3. The van der Waals surface area contributed by atoms with E-state index in [1.54, 1.807) is 35.6 Å². The summed E-state index contributed by atoms with van der Waals surface area (Å²) in [6.07, 6.45) is 0. The quantitative estimate of drug-likeness (QED) is 0.676. The summed E-state index contributed by atoms with van der Waals surface area (Å²) in [5.41, 5.74) is 0. The van der Waals surface area contributed by atoms with Gasteiger partial charge in [0.05, 0.1) is 0 Å². The molecule has 0 unspecified atom stereocenters. The molecule has 2 rings (SSSR count). The maximum absolute atomic E-state index is 8.63. The molecule has 0 radical (unpaired) electrons. The molecule has 0 aliphatic rings. The number of thiophene rings is 1. The molecule has 0 fully saturated rings. The number of hydrogen-bond acceptors (Lipinski definition) is 3. The Morgan fingerprint density at radius 1 is 1.00 bits per heavy atom. The molecule has 0 spiro atoms. The van der Waals surface area contributed by atoms with Crippen LogP contribution in [0.3, 0.4) is 0 Å². The molecule has 2 N–H and O–H groups in total. The van der Waals surface area contributed by atoms with Crippen LogP contribution in [0, 0.1) is 0 Å². The van der Waals surface area contributed by atoms with Crippen LogP contribution in [-0.4, -0.2) is 16.7 Å². The van der Waals surface area contributed by atoms with Gasteiger partial charge in [-0.1, -0.05) is 30.3 Å². The average molecular weight is 224 g/mol. The fourth-order valence-electron chi connectivity index (χ4n) is 0.655. The molecule has 4 heteroatoms. The van der Waals surface area contributed by atoms with Crippen molar-refractivity contribution in [1.82, 2.24) is 0 Å². The topological polar surface area (TPSA) is 57.5 Å². The van der Waals surface area contributed by atoms with Crippen LogP contribution in [0.5, 0.6) is 5.75 Å². The Balaban J connectivity index is 0.000000216. The van der Waals surface area contributed by atoms with Crippen LogP contribution in [0.2, 0.25) is 0 Å². The minimum absolute atomic E-state index is 0.250. The third kappa shape index (κ3) is 10.1. The van der Waals surface area contributed by atoms with Gasteiger partial charge >= 0.3 is 0 Å². The van der Waals surface area contributed by atoms with Gasteiger partial charge in [0.1, 0.15) is 5.75 Å². The van der Waals surface area contributed by atoms with Crippen molar-refractivity contribution in [2.45, 2.75) is 0 Å². The van der Waals surface area contributed by atoms with E-state index in [4.69, 9.17) is 15.0 Å². The summed E-state index contributed by atoms with van der Waals surface area (Å²) >= 11 is 1.71. The molecule has 0 amide bonds. The molecule has 0 aliphatic heterocycles. The molecule has 1 aromatic carbocycles. The zero-order valence-corrected chi connectivity index (χ0v) is 8.80. The van der Waals surface area contributed by atoms with Crippen molar-refractivity contribution < 1.29 is 15.0 Å². The van der Waals surface area contributed by atoms with Crippen LogP contribution in [0.4, 0.5) is 0 Å². The van der Waals surface area contributed by atoms with Crippen molar-refractivity contribution in [2.24, 2.45) is 0 Å². The molecule has 0 aliphatic carbocycles. The maximum Gasteiger partial charge on any atom is 0.290 e. The molecule has 0 bridgehead atoms. The van der Waals surface area contributed by atoms with E-state index in [-0.39, 0.29) is 6.47 Å². The lowest BCUT2D eigenvalue weighted by atomic mass is 10.3. The molecule has 15 heavy (non-hydrogen) atoms. The second-order valence-corrected chi connectivity index (χ2v) is 3.05. The number of rotatable bonds is 0. The summed E-state index contributed by atoms with van der Waals surface area (Å²) < 4.78 is 0. The van der Waals surface area contributed by atoms with Crippen LogP contribution >= 0.6 is 11.3 Å². The fourth-order valence-corrected chi connectivity index (χ4v) is 1.11. The summed E-state index contributed by atoms with van der Waals surface area (Å²) in [7, 11) is 0. The standard InChI is InChI=1S/C6H6O.C4H4S.CH2O2/c7-6-4-2-1-3-5-6;1-2-4-5-3-1;2-1-3/h1-5,7H;1-4H;1H,(H,2,3). The first-order valence-corrected chi connectivity index (χ1v) is 5.04. The average Bonchev–Trinajstić information content (AvgIpc) is 2.78. The minimum Gasteiger partial charge on any atom is -0.508 e. The Kier molecular flexibility index (Phi) is 9.03. The number of hydrogen-bond donors (Lipinski definition) is 2. The minimum atomic E-state index is -0.250. The highest BCUT2D eigenvalue weighted by molar-refractivity contribution is 7.07. The lowest BCUT2D eigenvalue weighted by molar-refractivity contribution is -0.122. The molecule has 0 atom stereocenters. The van der Waals surface area contributed by atoms with Gasteiger partial charge in [-0.25, -0.2) is 0 Å². The van der Waals surface area contributed by atoms with Crippen molar-refractivity contribution in [3.05, 3.63) is 53.2 Å². The van der Waals surface area contributed by atoms with Gasteiger partial charge in [0.15, 0.2) is 0 Å². The van der Waals surface area contributed by atoms with Gasteiger partial charge in [0.25, 0.3) is 6.47 Å². The molecule has 0 saturated heterocycles. The van der Waals surface area contributed by atoms with E-state index >= 15 is 0 Å². The lowest BCUT2D eigenvalue weighted by Crippen LogP contribution is -1.56. The van der Waals surface area contributed by atoms with E-state index in [1.807, 2.05) is 29.0 Å². The summed E-state index contributed by atoms with van der Waals surface area (Å²) in [6, 6.07) is 12.7. The van der Waals surface area contributed by atoms with Crippen molar-refractivity contribution in [2.75, 3.05) is 0 Å². The third-order valence-electron chi connectivity index (χ3n) is 1.18. The van der Waals surface area contributed by atoms with Gasteiger partial charge in [-0.3, -0.25) is 4.79 Å². The van der Waals surface area contributed by atoms with Gasteiger partial charge in [0.2, 0.25) is 0 Å². The van der Waals surface area contributed by atoms with Crippen molar-refractivity contribution >= 4 is 17.8 Å². The summed E-state index contributed by atoms with van der Waals surface area (Å²) in [4.78, 5) is 8.36. The first kappa shape index (κ1) is 13.2. The predicted molar refractivity (Wildman–Crippen MR) is 61.1 cm³/mol. The number of para-hydroxylation sites is 1. The summed E-state index contributed by atoms with van der Waals surface area (Å²) in [5.74, 6) is 0.322. The van der Waals surface area contributed by atoms with Crippen molar-refractivity contribution in [1.29, 1.82) is 0 Å². The molecule has 2 aromatic rings. The monoisotopic (exact) mass is 224 g/mol. The van der Waals surface area contributed by atoms with Crippen LogP contribution < -0.4 is 0 Å². The van der Waals surface area contributed by atoms with E-state index < -0.39 is 0 Å². The first-order valence-electron chi connectivity index (χ1n) is 4.10. The van der Waals surface area contributed by atoms with Gasteiger partial charge < -0.3 is 10.2 Å². The number of carbonyl (C=O) groups is 1. The van der Waals surface area contributed by atoms with Crippen LogP contribution in [0.1, 0.15) is 0 Å². The summed E-state index contributed by atoms with van der Waals surface area (Å²) in [6.45, 7) is -0.250. The Bertz CT molecular complexity index is 302. The lowest BCUT2D eigenvalue weighted by Gasteiger charge is -1.82. The number of carboxylic acid groups (broad SMARTS) is 1. The largest absolute Gasteiger partial charge is 0.508 e. The molecule has 0 saturated carbocycles. The molecular formula is C11H12O3S. The van der Waals surface area contributed by atoms with E-state index in [9.17, 15) is 0 Å². The maximum atomic E-state index is 8.63. The molecular weight excluding hydrogens is 212 g/mol. The first-order chi connectivity index (χ1) is 7.31. The molecule has 3 nitrogen and oxygen atoms in total. The number of phenols is 1. The van der Waals surface area contributed by atoms with E-state index in [0.717, 1.165) is 0 Å². The Morgan fingerprint density at radius 2 is 1.47 bits per heavy atom. The third-order valence-corrected chi connectivity index (χ3v) is 1.81. The Hall–Kier alpha value is -1.81. The Morgan fingerprint density at radius 3 is 1.67 bits per heavy atom. The van der Waals surface area contributed by atoms with Crippen LogP contribution in [-0.2, 0) is 4.79 Å². The Labute approximate surface area is 92.3 Å². The SMILES string of the molecule is O=CO.Oc1ccccc1.c1ccsc1. The zero-order valence-electron chi connectivity index (χ0n) is 7.98. The van der Waals surface area contributed by atoms with E-state index in [0.29, 0.717) is 5.75 Å². The molecule has 1 heterocycles. The predicted octanol–water partition coefficient (Wildman–Crippen LogP) is 2.84. The van der Waals surface area contributed by atoms with Gasteiger partial charge in [0, 0.05) is 0 Å². The smallest absolute Gasteiger partial charge is 0.290 e. The van der Waals surface area contributed by atoms with E-state index in [1.165, 1.54) is 0 Å². The van der Waals surface area contributed by atoms with Gasteiger partial charge in [-0.15, -0.1) is 0 Å². The normalized spacial score (nSPS) is 7.47. The number of aromatic hydroxyl groups is 1. The van der Waals surface area contributed by atoms with Gasteiger partial charge in [-0.2, -0.15) is 11.3 Å². The van der Waals surface area contributed by atoms with E-state index in [2.05, 4.69) is 0 Å². The van der Waals surface area contributed by atoms with Crippen LogP contribution in [0.15, 0.2) is 53.2 Å². The zero-order chi connectivity index (χ0) is 11.4. The highest BCUT2D eigenvalue weighted by Gasteiger charge is 1.74. The fraction of sp³-hybridized carbons (Fsp3) is 0. The highest BCUT2D eigenvalue weighted by Crippen LogP contribution is 2.02.